The molecule has 1 radical (unpaired) electrons. The Morgan fingerprint density at radius 1 is 1.19 bits per heavy atom. The molecule has 2 aromatic carbocycles. The summed E-state index contributed by atoms with van der Waals surface area (Å²) in [4.78, 5) is 16.3. The fourth-order valence-electron chi connectivity index (χ4n) is 2.76. The zero-order valence-electron chi connectivity index (χ0n) is 12.0. The third-order valence-corrected chi connectivity index (χ3v) is 3.91. The summed E-state index contributed by atoms with van der Waals surface area (Å²) in [5.41, 5.74) is 7.07. The SMILES string of the molecule is CN1CCN(c2cccc3cc[c]c(C(N)=O)c23)CC1.Cl. The van der Waals surface area contributed by atoms with Gasteiger partial charge in [-0.2, -0.15) is 0 Å². The highest BCUT2D eigenvalue weighted by Crippen LogP contribution is 2.30. The molecule has 1 amide bonds. The van der Waals surface area contributed by atoms with Crippen LogP contribution in [0.4, 0.5) is 5.69 Å². The van der Waals surface area contributed by atoms with Gasteiger partial charge in [-0.25, -0.2) is 0 Å². The number of benzene rings is 2. The first-order valence-corrected chi connectivity index (χ1v) is 6.83. The number of nitrogens with zero attached hydrogens (tertiary/aromatic N) is 2. The van der Waals surface area contributed by atoms with Crippen molar-refractivity contribution in [2.45, 2.75) is 0 Å². The summed E-state index contributed by atoms with van der Waals surface area (Å²) < 4.78 is 0. The van der Waals surface area contributed by atoms with Gasteiger partial charge >= 0.3 is 0 Å². The zero-order valence-corrected chi connectivity index (χ0v) is 12.8. The fourth-order valence-corrected chi connectivity index (χ4v) is 2.76. The molecule has 0 spiro atoms. The van der Waals surface area contributed by atoms with Gasteiger partial charge in [-0.1, -0.05) is 24.3 Å². The van der Waals surface area contributed by atoms with Crippen LogP contribution in [-0.2, 0) is 0 Å². The number of hydrogen-bond acceptors (Lipinski definition) is 3. The van der Waals surface area contributed by atoms with E-state index in [4.69, 9.17) is 5.73 Å². The number of rotatable bonds is 2. The molecule has 1 aliphatic rings. The number of amides is 1. The lowest BCUT2D eigenvalue weighted by Crippen LogP contribution is -2.44. The molecule has 1 heterocycles. The van der Waals surface area contributed by atoms with Gasteiger partial charge in [0, 0.05) is 37.3 Å². The van der Waals surface area contributed by atoms with Crippen LogP contribution in [0.2, 0.25) is 0 Å². The lowest BCUT2D eigenvalue weighted by atomic mass is 10.0. The van der Waals surface area contributed by atoms with E-state index < -0.39 is 5.91 Å². The standard InChI is InChI=1S/C16H18N3O.ClH/c1-18-8-10-19(11-9-18)14-7-3-5-12-4-2-6-13(15(12)14)16(17)20;/h2-5,7H,8-11H2,1H3,(H2,17,20);1H. The van der Waals surface area contributed by atoms with E-state index in [1.165, 1.54) is 0 Å². The number of anilines is 1. The third kappa shape index (κ3) is 2.96. The van der Waals surface area contributed by atoms with E-state index in [2.05, 4.69) is 29.0 Å². The second kappa shape index (κ2) is 6.33. The molecule has 3 rings (SSSR count). The molecule has 2 aromatic rings. The van der Waals surface area contributed by atoms with Crippen LogP contribution in [0.5, 0.6) is 0 Å². The van der Waals surface area contributed by atoms with Crippen molar-refractivity contribution in [1.29, 1.82) is 0 Å². The average molecular weight is 305 g/mol. The van der Waals surface area contributed by atoms with E-state index >= 15 is 0 Å². The first-order chi connectivity index (χ1) is 9.66. The van der Waals surface area contributed by atoms with Crippen LogP contribution in [0.3, 0.4) is 0 Å². The summed E-state index contributed by atoms with van der Waals surface area (Å²) in [6.45, 7) is 3.98. The van der Waals surface area contributed by atoms with Gasteiger partial charge in [-0.05, 0) is 24.6 Å². The quantitative estimate of drug-likeness (QED) is 0.922. The number of nitrogens with two attached hydrogens (primary N) is 1. The molecule has 111 valence electrons. The van der Waals surface area contributed by atoms with Crippen molar-refractivity contribution in [1.82, 2.24) is 4.90 Å². The zero-order chi connectivity index (χ0) is 14.1. The Kier molecular flexibility index (Phi) is 4.70. The van der Waals surface area contributed by atoms with Crippen molar-refractivity contribution >= 4 is 34.8 Å². The number of carbonyl (C=O) groups excluding carboxylic acids is 1. The molecule has 0 bridgehead atoms. The predicted octanol–water partition coefficient (Wildman–Crippen LogP) is 1.91. The van der Waals surface area contributed by atoms with Gasteiger partial charge in [-0.3, -0.25) is 4.79 Å². The van der Waals surface area contributed by atoms with Gasteiger partial charge in [0.1, 0.15) is 0 Å². The molecular weight excluding hydrogens is 286 g/mol. The molecule has 0 saturated carbocycles. The van der Waals surface area contributed by atoms with E-state index in [1.807, 2.05) is 18.2 Å². The Morgan fingerprint density at radius 3 is 2.57 bits per heavy atom. The number of likely N-dealkylation sites (N-methyl/N-ethyl adjacent to an activating group) is 1. The lowest BCUT2D eigenvalue weighted by Gasteiger charge is -2.35. The minimum absolute atomic E-state index is 0. The van der Waals surface area contributed by atoms with Crippen molar-refractivity contribution in [3.05, 3.63) is 42.0 Å². The highest BCUT2D eigenvalue weighted by Gasteiger charge is 2.18. The van der Waals surface area contributed by atoms with Crippen LogP contribution in [0.15, 0.2) is 30.3 Å². The van der Waals surface area contributed by atoms with Crippen molar-refractivity contribution in [3.63, 3.8) is 0 Å². The van der Waals surface area contributed by atoms with Crippen molar-refractivity contribution in [2.75, 3.05) is 38.1 Å². The number of fused-ring (bicyclic) bond motifs is 1. The molecule has 5 heteroatoms. The molecule has 1 aliphatic heterocycles. The Hall–Kier alpha value is -1.78. The normalized spacial score (nSPS) is 15.8. The highest BCUT2D eigenvalue weighted by molar-refractivity contribution is 6.11. The number of piperazine rings is 1. The molecule has 0 aliphatic carbocycles. The topological polar surface area (TPSA) is 49.6 Å². The summed E-state index contributed by atoms with van der Waals surface area (Å²) >= 11 is 0. The van der Waals surface area contributed by atoms with Gasteiger partial charge in [0.05, 0.1) is 5.56 Å². The molecule has 0 atom stereocenters. The van der Waals surface area contributed by atoms with E-state index in [-0.39, 0.29) is 12.4 Å². The summed E-state index contributed by atoms with van der Waals surface area (Å²) in [6, 6.07) is 12.8. The smallest absolute Gasteiger partial charge is 0.250 e. The van der Waals surface area contributed by atoms with Crippen molar-refractivity contribution in [3.8, 4) is 0 Å². The van der Waals surface area contributed by atoms with Gasteiger partial charge in [-0.15, -0.1) is 12.4 Å². The number of hydrogen-bond donors (Lipinski definition) is 1. The number of halogens is 1. The Bertz CT molecular complexity index is 646. The third-order valence-electron chi connectivity index (χ3n) is 3.91. The van der Waals surface area contributed by atoms with Gasteiger partial charge in [0.2, 0.25) is 5.91 Å². The van der Waals surface area contributed by atoms with Crippen LogP contribution in [0, 0.1) is 6.07 Å². The largest absolute Gasteiger partial charge is 0.368 e. The van der Waals surface area contributed by atoms with E-state index in [0.717, 1.165) is 42.6 Å². The summed E-state index contributed by atoms with van der Waals surface area (Å²) in [6.07, 6.45) is 0. The van der Waals surface area contributed by atoms with Crippen LogP contribution < -0.4 is 10.6 Å². The molecule has 1 saturated heterocycles. The lowest BCUT2D eigenvalue weighted by molar-refractivity contribution is 0.100. The fraction of sp³-hybridized carbons (Fsp3) is 0.312. The highest BCUT2D eigenvalue weighted by atomic mass is 35.5. The first kappa shape index (κ1) is 15.6. The second-order valence-corrected chi connectivity index (χ2v) is 5.25. The van der Waals surface area contributed by atoms with Gasteiger partial charge in [0.25, 0.3) is 0 Å². The number of primary amides is 1. The number of carbonyl (C=O) groups is 1. The van der Waals surface area contributed by atoms with Crippen LogP contribution >= 0.6 is 12.4 Å². The minimum Gasteiger partial charge on any atom is -0.368 e. The van der Waals surface area contributed by atoms with Gasteiger partial charge in [0.15, 0.2) is 0 Å². The molecule has 2 N–H and O–H groups in total. The maximum atomic E-state index is 11.7. The van der Waals surface area contributed by atoms with Crippen LogP contribution in [0.1, 0.15) is 10.4 Å². The van der Waals surface area contributed by atoms with E-state index in [0.29, 0.717) is 5.56 Å². The molecule has 21 heavy (non-hydrogen) atoms. The summed E-state index contributed by atoms with van der Waals surface area (Å²) in [5.74, 6) is -0.419. The summed E-state index contributed by atoms with van der Waals surface area (Å²) in [7, 11) is 2.13. The van der Waals surface area contributed by atoms with Crippen LogP contribution in [0.25, 0.3) is 10.8 Å². The average Bonchev–Trinajstić information content (AvgIpc) is 2.47. The minimum atomic E-state index is -0.419. The molecule has 4 nitrogen and oxygen atoms in total. The Labute approximate surface area is 130 Å². The first-order valence-electron chi connectivity index (χ1n) is 6.83. The summed E-state index contributed by atoms with van der Waals surface area (Å²) in [5, 5.41) is 1.96. The molecule has 0 unspecified atom stereocenters. The molecule has 1 fully saturated rings. The van der Waals surface area contributed by atoms with E-state index in [1.54, 1.807) is 6.07 Å². The maximum Gasteiger partial charge on any atom is 0.250 e. The molecular formula is C16H19ClN3O. The van der Waals surface area contributed by atoms with Crippen molar-refractivity contribution in [2.24, 2.45) is 5.73 Å². The second-order valence-electron chi connectivity index (χ2n) is 5.25. The monoisotopic (exact) mass is 304 g/mol. The van der Waals surface area contributed by atoms with Crippen LogP contribution in [-0.4, -0.2) is 44.0 Å². The van der Waals surface area contributed by atoms with Crippen molar-refractivity contribution < 1.29 is 4.79 Å². The van der Waals surface area contributed by atoms with Gasteiger partial charge < -0.3 is 15.5 Å². The predicted molar refractivity (Wildman–Crippen MR) is 88.3 cm³/mol. The Balaban J connectivity index is 0.00000161. The Morgan fingerprint density at radius 2 is 1.90 bits per heavy atom. The maximum absolute atomic E-state index is 11.7. The van der Waals surface area contributed by atoms with E-state index in [9.17, 15) is 4.79 Å². The molecule has 0 aromatic heterocycles.